The molecule has 1 aromatic rings. The third-order valence-corrected chi connectivity index (χ3v) is 1.93. The molecule has 1 rings (SSSR count). The van der Waals surface area contributed by atoms with Crippen LogP contribution in [0.2, 0.25) is 0 Å². The maximum Gasteiger partial charge on any atom is 0.128 e. The van der Waals surface area contributed by atoms with Gasteiger partial charge in [0.15, 0.2) is 0 Å². The molecule has 1 aromatic carbocycles. The van der Waals surface area contributed by atoms with E-state index in [9.17, 15) is 4.39 Å². The number of hydrogen-bond acceptors (Lipinski definition) is 3. The molecular weight excluding hydrogens is 197 g/mol. The lowest BCUT2D eigenvalue weighted by molar-refractivity contribution is 0.0763. The van der Waals surface area contributed by atoms with E-state index in [0.717, 1.165) is 0 Å². The monoisotopic (exact) mass is 213 g/mol. The van der Waals surface area contributed by atoms with Gasteiger partial charge in [-0.15, -0.1) is 0 Å². The zero-order valence-corrected chi connectivity index (χ0v) is 8.78. The Morgan fingerprint density at radius 2 is 2.07 bits per heavy atom. The smallest absolute Gasteiger partial charge is 0.128 e. The molecule has 3 nitrogen and oxygen atoms in total. The van der Waals surface area contributed by atoms with Crippen LogP contribution in [-0.2, 0) is 16.1 Å². The second-order valence-corrected chi connectivity index (χ2v) is 3.32. The fourth-order valence-electron chi connectivity index (χ4n) is 1.20. The normalized spacial score (nSPS) is 12.7. The summed E-state index contributed by atoms with van der Waals surface area (Å²) in [6.45, 7) is 1.05. The van der Waals surface area contributed by atoms with Crippen LogP contribution in [0.4, 0.5) is 4.39 Å². The van der Waals surface area contributed by atoms with Gasteiger partial charge in [-0.1, -0.05) is 18.2 Å². The average Bonchev–Trinajstić information content (AvgIpc) is 2.21. The van der Waals surface area contributed by atoms with Crippen molar-refractivity contribution in [3.8, 4) is 0 Å². The minimum Gasteiger partial charge on any atom is -0.383 e. The molecule has 0 bridgehead atoms. The fourth-order valence-corrected chi connectivity index (χ4v) is 1.20. The Hall–Kier alpha value is -0.970. The lowest BCUT2D eigenvalue weighted by Gasteiger charge is -2.11. The number of methoxy groups -OCH3 is 1. The Morgan fingerprint density at radius 3 is 2.73 bits per heavy atom. The molecular formula is C11H16FNO2. The van der Waals surface area contributed by atoms with Crippen molar-refractivity contribution < 1.29 is 13.9 Å². The number of halogens is 1. The Labute approximate surface area is 89.0 Å². The topological polar surface area (TPSA) is 44.5 Å². The SMILES string of the molecule is COCC(N)COCc1ccccc1F. The van der Waals surface area contributed by atoms with E-state index in [2.05, 4.69) is 0 Å². The highest BCUT2D eigenvalue weighted by molar-refractivity contribution is 5.16. The third kappa shape index (κ3) is 4.38. The second-order valence-electron chi connectivity index (χ2n) is 3.32. The first-order valence-electron chi connectivity index (χ1n) is 4.79. The first-order chi connectivity index (χ1) is 7.24. The van der Waals surface area contributed by atoms with Gasteiger partial charge in [-0.25, -0.2) is 4.39 Å². The molecule has 1 unspecified atom stereocenters. The van der Waals surface area contributed by atoms with Crippen LogP contribution >= 0.6 is 0 Å². The van der Waals surface area contributed by atoms with Crippen LogP contribution in [0.25, 0.3) is 0 Å². The zero-order valence-electron chi connectivity index (χ0n) is 8.78. The van der Waals surface area contributed by atoms with Gasteiger partial charge < -0.3 is 15.2 Å². The summed E-state index contributed by atoms with van der Waals surface area (Å²) in [6.07, 6.45) is 0. The van der Waals surface area contributed by atoms with Crippen molar-refractivity contribution in [3.63, 3.8) is 0 Å². The molecule has 0 heterocycles. The van der Waals surface area contributed by atoms with Crippen molar-refractivity contribution in [1.82, 2.24) is 0 Å². The molecule has 0 spiro atoms. The summed E-state index contributed by atoms with van der Waals surface area (Å²) in [4.78, 5) is 0. The van der Waals surface area contributed by atoms with E-state index in [1.807, 2.05) is 0 Å². The first kappa shape index (κ1) is 12.1. The summed E-state index contributed by atoms with van der Waals surface area (Å²) in [5.74, 6) is -0.252. The van der Waals surface area contributed by atoms with E-state index in [-0.39, 0.29) is 18.5 Å². The van der Waals surface area contributed by atoms with Gasteiger partial charge in [-0.05, 0) is 6.07 Å². The molecule has 0 fully saturated rings. The molecule has 0 aromatic heterocycles. The van der Waals surface area contributed by atoms with Gasteiger partial charge in [0.1, 0.15) is 5.82 Å². The molecule has 84 valence electrons. The average molecular weight is 213 g/mol. The van der Waals surface area contributed by atoms with E-state index in [1.165, 1.54) is 6.07 Å². The van der Waals surface area contributed by atoms with Crippen molar-refractivity contribution in [3.05, 3.63) is 35.6 Å². The fraction of sp³-hybridized carbons (Fsp3) is 0.455. The van der Waals surface area contributed by atoms with Crippen LogP contribution in [0.3, 0.4) is 0 Å². The predicted octanol–water partition coefficient (Wildman–Crippen LogP) is 1.32. The molecule has 0 saturated heterocycles. The lowest BCUT2D eigenvalue weighted by Crippen LogP contribution is -2.30. The van der Waals surface area contributed by atoms with Crippen LogP contribution in [-0.4, -0.2) is 26.4 Å². The zero-order chi connectivity index (χ0) is 11.1. The summed E-state index contributed by atoms with van der Waals surface area (Å²) >= 11 is 0. The Morgan fingerprint density at radius 1 is 1.33 bits per heavy atom. The summed E-state index contributed by atoms with van der Waals surface area (Å²) in [7, 11) is 1.58. The molecule has 0 radical (unpaired) electrons. The van der Waals surface area contributed by atoms with Crippen LogP contribution in [0.5, 0.6) is 0 Å². The summed E-state index contributed by atoms with van der Waals surface area (Å²) < 4.78 is 23.2. The van der Waals surface area contributed by atoms with Crippen molar-refractivity contribution in [2.24, 2.45) is 5.73 Å². The standard InChI is InChI=1S/C11H16FNO2/c1-14-7-10(13)8-15-6-9-4-2-3-5-11(9)12/h2-5,10H,6-8,13H2,1H3. The highest BCUT2D eigenvalue weighted by atomic mass is 19.1. The lowest BCUT2D eigenvalue weighted by atomic mass is 10.2. The van der Waals surface area contributed by atoms with Crippen molar-refractivity contribution in [2.75, 3.05) is 20.3 Å². The molecule has 0 aliphatic carbocycles. The number of ether oxygens (including phenoxy) is 2. The molecule has 0 aliphatic rings. The third-order valence-electron chi connectivity index (χ3n) is 1.93. The molecule has 0 aliphatic heterocycles. The van der Waals surface area contributed by atoms with Gasteiger partial charge in [0.25, 0.3) is 0 Å². The van der Waals surface area contributed by atoms with Crippen LogP contribution < -0.4 is 5.73 Å². The molecule has 0 amide bonds. The van der Waals surface area contributed by atoms with Crippen LogP contribution in [0, 0.1) is 5.82 Å². The Kier molecular flexibility index (Phi) is 5.25. The van der Waals surface area contributed by atoms with E-state index >= 15 is 0 Å². The quantitative estimate of drug-likeness (QED) is 0.775. The van der Waals surface area contributed by atoms with E-state index in [0.29, 0.717) is 18.8 Å². The minimum atomic E-state index is -0.252. The van der Waals surface area contributed by atoms with Crippen molar-refractivity contribution in [2.45, 2.75) is 12.6 Å². The molecule has 0 saturated carbocycles. The number of rotatable bonds is 6. The van der Waals surface area contributed by atoms with E-state index < -0.39 is 0 Å². The summed E-state index contributed by atoms with van der Waals surface area (Å²) in [5, 5.41) is 0. The minimum absolute atomic E-state index is 0.165. The Balaban J connectivity index is 2.29. The predicted molar refractivity (Wildman–Crippen MR) is 55.9 cm³/mol. The largest absolute Gasteiger partial charge is 0.383 e. The van der Waals surface area contributed by atoms with Gasteiger partial charge in [0.05, 0.1) is 25.9 Å². The summed E-state index contributed by atoms with van der Waals surface area (Å²) in [6, 6.07) is 6.36. The Bertz CT molecular complexity index is 294. The first-order valence-corrected chi connectivity index (χ1v) is 4.79. The number of nitrogens with two attached hydrogens (primary N) is 1. The molecule has 2 N–H and O–H groups in total. The van der Waals surface area contributed by atoms with E-state index in [4.69, 9.17) is 15.2 Å². The highest BCUT2D eigenvalue weighted by Crippen LogP contribution is 2.07. The summed E-state index contributed by atoms with van der Waals surface area (Å²) in [5.41, 5.74) is 6.19. The molecule has 1 atom stereocenters. The van der Waals surface area contributed by atoms with Gasteiger partial charge in [-0.2, -0.15) is 0 Å². The number of hydrogen-bond donors (Lipinski definition) is 1. The maximum absolute atomic E-state index is 13.1. The number of benzene rings is 1. The second kappa shape index (κ2) is 6.50. The van der Waals surface area contributed by atoms with Gasteiger partial charge in [-0.3, -0.25) is 0 Å². The maximum atomic E-state index is 13.1. The van der Waals surface area contributed by atoms with Gasteiger partial charge >= 0.3 is 0 Å². The van der Waals surface area contributed by atoms with Gasteiger partial charge in [0, 0.05) is 12.7 Å². The van der Waals surface area contributed by atoms with Crippen molar-refractivity contribution >= 4 is 0 Å². The highest BCUT2D eigenvalue weighted by Gasteiger charge is 2.04. The van der Waals surface area contributed by atoms with Crippen LogP contribution in [0.1, 0.15) is 5.56 Å². The van der Waals surface area contributed by atoms with Crippen LogP contribution in [0.15, 0.2) is 24.3 Å². The van der Waals surface area contributed by atoms with Crippen molar-refractivity contribution in [1.29, 1.82) is 0 Å². The van der Waals surface area contributed by atoms with Gasteiger partial charge in [0.2, 0.25) is 0 Å². The molecule has 4 heteroatoms. The van der Waals surface area contributed by atoms with E-state index in [1.54, 1.807) is 25.3 Å². The molecule has 15 heavy (non-hydrogen) atoms.